The number of hydrogen-bond donors (Lipinski definition) is 2. The number of nitrogens with two attached hydrogens (primary N) is 1. The molecule has 4 aromatic rings. The Morgan fingerprint density at radius 2 is 1.70 bits per heavy atom. The Labute approximate surface area is 267 Å². The maximum atomic E-state index is 14.1. The molecule has 0 saturated carbocycles. The summed E-state index contributed by atoms with van der Waals surface area (Å²) in [6.45, 7) is 7.17. The number of benzene rings is 2. The molecule has 2 aromatic carbocycles. The normalized spacial score (nSPS) is 12.5. The van der Waals surface area contributed by atoms with Crippen LogP contribution in [0.1, 0.15) is 71.4 Å². The van der Waals surface area contributed by atoms with E-state index in [-0.39, 0.29) is 37.0 Å². The van der Waals surface area contributed by atoms with Gasteiger partial charge in [-0.3, -0.25) is 9.59 Å². The third-order valence-corrected chi connectivity index (χ3v) is 7.27. The number of carbonyl (C=O) groups is 2. The van der Waals surface area contributed by atoms with Gasteiger partial charge in [-0.2, -0.15) is 0 Å². The standard InChI is InChI=1S/C34H40F2N6O4/c1-4-10-42(11-5-2)34(44)25-17-23(16-24(18-25)33-39-9-12-46-33)32(43)41-30(15-22-13-26(35)19-27(36)14-22)29(37)20-45-21-31-38-8-7-28(6-3)40-31/h7-9,12-14,16-19,29-30H,4-6,10-11,15,20-21,37H2,1-3H3,(H,41,43). The number of nitrogens with zero attached hydrogens (tertiary/aromatic N) is 4. The van der Waals surface area contributed by atoms with Gasteiger partial charge >= 0.3 is 0 Å². The van der Waals surface area contributed by atoms with Gasteiger partial charge < -0.3 is 25.1 Å². The molecular weight excluding hydrogens is 594 g/mol. The van der Waals surface area contributed by atoms with Crippen LogP contribution in [0.15, 0.2) is 65.5 Å². The van der Waals surface area contributed by atoms with E-state index in [9.17, 15) is 18.4 Å². The molecule has 2 unspecified atom stereocenters. The molecule has 0 aliphatic heterocycles. The van der Waals surface area contributed by atoms with Gasteiger partial charge in [0.05, 0.1) is 18.8 Å². The minimum absolute atomic E-state index is 0.00839. The van der Waals surface area contributed by atoms with Crippen molar-refractivity contribution in [3.05, 3.63) is 101 Å². The molecule has 12 heteroatoms. The van der Waals surface area contributed by atoms with Crippen molar-refractivity contribution >= 4 is 11.8 Å². The number of halogens is 2. The minimum atomic E-state index is -0.808. The first kappa shape index (κ1) is 34.3. The van der Waals surface area contributed by atoms with Crippen molar-refractivity contribution in [2.24, 2.45) is 5.73 Å². The zero-order chi connectivity index (χ0) is 33.1. The van der Waals surface area contributed by atoms with E-state index in [4.69, 9.17) is 14.9 Å². The van der Waals surface area contributed by atoms with Crippen molar-refractivity contribution in [1.29, 1.82) is 0 Å². The summed E-state index contributed by atoms with van der Waals surface area (Å²) in [6.07, 6.45) is 6.84. The molecule has 244 valence electrons. The van der Waals surface area contributed by atoms with Crippen LogP contribution in [-0.4, -0.2) is 63.4 Å². The maximum absolute atomic E-state index is 14.1. The summed E-state index contributed by atoms with van der Waals surface area (Å²) in [5, 5.41) is 2.91. The SMILES string of the molecule is CCCN(CCC)C(=O)c1cc(C(=O)NC(Cc2cc(F)cc(F)c2)C(N)COCc2nccc(CC)n2)cc(-c2ncco2)c1. The summed E-state index contributed by atoms with van der Waals surface area (Å²) in [5.74, 6) is -1.53. The second kappa shape index (κ2) is 16.7. The lowest BCUT2D eigenvalue weighted by molar-refractivity contribution is 0.0755. The third-order valence-electron chi connectivity index (χ3n) is 7.27. The average Bonchev–Trinajstić information content (AvgIpc) is 3.59. The number of amides is 2. The fraction of sp³-hybridized carbons (Fsp3) is 0.382. The molecule has 0 aliphatic rings. The van der Waals surface area contributed by atoms with Crippen LogP contribution < -0.4 is 11.1 Å². The highest BCUT2D eigenvalue weighted by Gasteiger charge is 2.25. The molecule has 2 aromatic heterocycles. The lowest BCUT2D eigenvalue weighted by Crippen LogP contribution is -2.51. The summed E-state index contributed by atoms with van der Waals surface area (Å²) in [5.41, 5.74) is 8.61. The lowest BCUT2D eigenvalue weighted by Gasteiger charge is -2.26. The van der Waals surface area contributed by atoms with Gasteiger partial charge in [0, 0.05) is 53.8 Å². The molecule has 0 fully saturated rings. The molecule has 0 bridgehead atoms. The van der Waals surface area contributed by atoms with Gasteiger partial charge in [-0.25, -0.2) is 23.7 Å². The van der Waals surface area contributed by atoms with Crippen LogP contribution in [0.2, 0.25) is 0 Å². The Balaban J connectivity index is 1.60. The molecular formula is C34H40F2N6O4. The molecule has 2 atom stereocenters. The van der Waals surface area contributed by atoms with Crippen molar-refractivity contribution in [3.8, 4) is 11.5 Å². The summed E-state index contributed by atoms with van der Waals surface area (Å²) in [6, 6.07) is 8.11. The predicted molar refractivity (Wildman–Crippen MR) is 169 cm³/mol. The summed E-state index contributed by atoms with van der Waals surface area (Å²) in [4.78, 5) is 41.9. The van der Waals surface area contributed by atoms with Gasteiger partial charge in [0.1, 0.15) is 24.5 Å². The van der Waals surface area contributed by atoms with Crippen molar-refractivity contribution in [2.45, 2.75) is 65.1 Å². The van der Waals surface area contributed by atoms with E-state index in [0.29, 0.717) is 35.6 Å². The fourth-order valence-electron chi connectivity index (χ4n) is 5.06. The molecule has 0 saturated heterocycles. The van der Waals surface area contributed by atoms with Crippen LogP contribution in [0.4, 0.5) is 8.78 Å². The average molecular weight is 635 g/mol. The number of rotatable bonds is 16. The number of hydrogen-bond acceptors (Lipinski definition) is 8. The highest BCUT2D eigenvalue weighted by Crippen LogP contribution is 2.23. The number of aromatic nitrogens is 3. The maximum Gasteiger partial charge on any atom is 0.253 e. The number of aryl methyl sites for hydroxylation is 1. The largest absolute Gasteiger partial charge is 0.445 e. The smallest absolute Gasteiger partial charge is 0.253 e. The third kappa shape index (κ3) is 9.48. The minimum Gasteiger partial charge on any atom is -0.445 e. The van der Waals surface area contributed by atoms with Gasteiger partial charge in [-0.1, -0.05) is 20.8 Å². The first-order valence-corrected chi connectivity index (χ1v) is 15.4. The van der Waals surface area contributed by atoms with Crippen molar-refractivity contribution < 1.29 is 27.5 Å². The Morgan fingerprint density at radius 1 is 0.978 bits per heavy atom. The highest BCUT2D eigenvalue weighted by atomic mass is 19.1. The van der Waals surface area contributed by atoms with Crippen molar-refractivity contribution in [3.63, 3.8) is 0 Å². The molecule has 0 aliphatic carbocycles. The molecule has 46 heavy (non-hydrogen) atoms. The van der Waals surface area contributed by atoms with E-state index in [1.807, 2.05) is 26.8 Å². The Bertz CT molecular complexity index is 1570. The van der Waals surface area contributed by atoms with Crippen LogP contribution >= 0.6 is 0 Å². The Kier molecular flexibility index (Phi) is 12.4. The second-order valence-electron chi connectivity index (χ2n) is 11.0. The zero-order valence-electron chi connectivity index (χ0n) is 26.3. The number of nitrogens with one attached hydrogen (secondary N) is 1. The van der Waals surface area contributed by atoms with Crippen LogP contribution in [-0.2, 0) is 24.2 Å². The van der Waals surface area contributed by atoms with Crippen LogP contribution in [0.3, 0.4) is 0 Å². The van der Waals surface area contributed by atoms with Gasteiger partial charge in [-0.05, 0) is 67.6 Å². The van der Waals surface area contributed by atoms with Gasteiger partial charge in [0.2, 0.25) is 5.89 Å². The van der Waals surface area contributed by atoms with E-state index in [1.54, 1.807) is 23.2 Å². The monoisotopic (exact) mass is 634 g/mol. The highest BCUT2D eigenvalue weighted by molar-refractivity contribution is 6.01. The first-order valence-electron chi connectivity index (χ1n) is 15.4. The van der Waals surface area contributed by atoms with E-state index in [2.05, 4.69) is 20.3 Å². The van der Waals surface area contributed by atoms with Crippen molar-refractivity contribution in [1.82, 2.24) is 25.2 Å². The molecule has 2 heterocycles. The molecule has 3 N–H and O–H groups in total. The topological polar surface area (TPSA) is 136 Å². The zero-order valence-corrected chi connectivity index (χ0v) is 26.3. The fourth-order valence-corrected chi connectivity index (χ4v) is 5.06. The molecule has 0 spiro atoms. The van der Waals surface area contributed by atoms with E-state index < -0.39 is 29.6 Å². The number of oxazole rings is 1. The van der Waals surface area contributed by atoms with Crippen LogP contribution in [0, 0.1) is 11.6 Å². The molecule has 4 rings (SSSR count). The van der Waals surface area contributed by atoms with Gasteiger partial charge in [0.15, 0.2) is 5.82 Å². The second-order valence-corrected chi connectivity index (χ2v) is 11.0. The quantitative estimate of drug-likeness (QED) is 0.173. The number of carbonyl (C=O) groups excluding carboxylic acids is 2. The summed E-state index contributed by atoms with van der Waals surface area (Å²) < 4.78 is 39.5. The van der Waals surface area contributed by atoms with Crippen LogP contribution in [0.25, 0.3) is 11.5 Å². The van der Waals surface area contributed by atoms with E-state index in [0.717, 1.165) is 31.0 Å². The van der Waals surface area contributed by atoms with Crippen LogP contribution in [0.5, 0.6) is 0 Å². The number of ether oxygens (including phenoxy) is 1. The molecule has 10 nitrogen and oxygen atoms in total. The summed E-state index contributed by atoms with van der Waals surface area (Å²) in [7, 11) is 0. The Morgan fingerprint density at radius 3 is 2.35 bits per heavy atom. The molecule has 2 amide bonds. The van der Waals surface area contributed by atoms with Gasteiger partial charge in [-0.15, -0.1) is 0 Å². The van der Waals surface area contributed by atoms with Crippen molar-refractivity contribution in [2.75, 3.05) is 19.7 Å². The first-order chi connectivity index (χ1) is 22.2. The lowest BCUT2D eigenvalue weighted by atomic mass is 9.98. The summed E-state index contributed by atoms with van der Waals surface area (Å²) >= 11 is 0. The van der Waals surface area contributed by atoms with E-state index >= 15 is 0 Å². The van der Waals surface area contributed by atoms with E-state index in [1.165, 1.54) is 30.7 Å². The predicted octanol–water partition coefficient (Wildman–Crippen LogP) is 5.12. The molecule has 0 radical (unpaired) electrons. The van der Waals surface area contributed by atoms with Gasteiger partial charge in [0.25, 0.3) is 11.8 Å². The Hall–Kier alpha value is -4.55.